The minimum Gasteiger partial charge on any atom is -0.409 e. The van der Waals surface area contributed by atoms with Gasteiger partial charge in [-0.3, -0.25) is 0 Å². The number of benzene rings is 1. The van der Waals surface area contributed by atoms with Crippen molar-refractivity contribution in [2.45, 2.75) is 32.2 Å². The SMILES string of the molecule is Cc1cccc(NC(=O)N(CCC(N)=NO)C2CC2)c1. The Morgan fingerprint density at radius 2 is 2.30 bits per heavy atom. The number of amides is 2. The maximum absolute atomic E-state index is 12.3. The average molecular weight is 276 g/mol. The van der Waals surface area contributed by atoms with Crippen molar-refractivity contribution in [3.8, 4) is 0 Å². The topological polar surface area (TPSA) is 91.0 Å². The van der Waals surface area contributed by atoms with E-state index in [0.717, 1.165) is 24.1 Å². The van der Waals surface area contributed by atoms with E-state index in [0.29, 0.717) is 13.0 Å². The molecule has 1 saturated carbocycles. The van der Waals surface area contributed by atoms with Gasteiger partial charge in [0.2, 0.25) is 0 Å². The molecule has 0 saturated heterocycles. The quantitative estimate of drug-likeness (QED) is 0.333. The number of nitrogens with two attached hydrogens (primary N) is 1. The van der Waals surface area contributed by atoms with Crippen molar-refractivity contribution in [2.24, 2.45) is 10.9 Å². The highest BCUT2D eigenvalue weighted by atomic mass is 16.4. The Labute approximate surface area is 118 Å². The number of rotatable bonds is 5. The minimum atomic E-state index is -0.135. The molecule has 0 bridgehead atoms. The van der Waals surface area contributed by atoms with Gasteiger partial charge in [0, 0.05) is 24.7 Å². The van der Waals surface area contributed by atoms with E-state index in [1.807, 2.05) is 31.2 Å². The summed E-state index contributed by atoms with van der Waals surface area (Å²) >= 11 is 0. The number of hydrogen-bond acceptors (Lipinski definition) is 3. The fourth-order valence-corrected chi connectivity index (χ4v) is 2.04. The molecule has 1 aliphatic rings. The van der Waals surface area contributed by atoms with Crippen LogP contribution in [-0.4, -0.2) is 34.6 Å². The van der Waals surface area contributed by atoms with Gasteiger partial charge in [0.15, 0.2) is 0 Å². The minimum absolute atomic E-state index is 0.135. The lowest BCUT2D eigenvalue weighted by atomic mass is 10.2. The zero-order chi connectivity index (χ0) is 14.5. The van der Waals surface area contributed by atoms with Crippen molar-refractivity contribution in [1.82, 2.24) is 4.90 Å². The van der Waals surface area contributed by atoms with Gasteiger partial charge in [-0.15, -0.1) is 0 Å². The Bertz CT molecular complexity index is 512. The lowest BCUT2D eigenvalue weighted by Crippen LogP contribution is -2.38. The van der Waals surface area contributed by atoms with Gasteiger partial charge >= 0.3 is 6.03 Å². The van der Waals surface area contributed by atoms with Crippen molar-refractivity contribution < 1.29 is 10.0 Å². The zero-order valence-corrected chi connectivity index (χ0v) is 11.5. The average Bonchev–Trinajstić information content (AvgIpc) is 3.23. The summed E-state index contributed by atoms with van der Waals surface area (Å²) in [5.74, 6) is 0.138. The van der Waals surface area contributed by atoms with E-state index in [1.165, 1.54) is 0 Å². The van der Waals surface area contributed by atoms with Crippen molar-refractivity contribution in [3.63, 3.8) is 0 Å². The highest BCUT2D eigenvalue weighted by Crippen LogP contribution is 2.27. The molecule has 1 aliphatic carbocycles. The molecule has 2 amide bonds. The Balaban J connectivity index is 1.96. The predicted octanol–water partition coefficient (Wildman–Crippen LogP) is 2.13. The summed E-state index contributed by atoms with van der Waals surface area (Å²) in [5.41, 5.74) is 7.33. The second-order valence-electron chi connectivity index (χ2n) is 5.07. The number of aryl methyl sites for hydroxylation is 1. The summed E-state index contributed by atoms with van der Waals surface area (Å²) in [5, 5.41) is 14.4. The molecule has 6 heteroatoms. The fourth-order valence-electron chi connectivity index (χ4n) is 2.04. The van der Waals surface area contributed by atoms with E-state index < -0.39 is 0 Å². The van der Waals surface area contributed by atoms with E-state index >= 15 is 0 Å². The predicted molar refractivity (Wildman–Crippen MR) is 78.0 cm³/mol. The van der Waals surface area contributed by atoms with Crippen molar-refractivity contribution >= 4 is 17.6 Å². The van der Waals surface area contributed by atoms with E-state index in [2.05, 4.69) is 10.5 Å². The largest absolute Gasteiger partial charge is 0.409 e. The molecule has 1 fully saturated rings. The first-order valence-electron chi connectivity index (χ1n) is 6.71. The highest BCUT2D eigenvalue weighted by molar-refractivity contribution is 5.90. The van der Waals surface area contributed by atoms with Crippen LogP contribution in [0.2, 0.25) is 0 Å². The van der Waals surface area contributed by atoms with Gasteiger partial charge in [0.25, 0.3) is 0 Å². The third kappa shape index (κ3) is 3.88. The third-order valence-corrected chi connectivity index (χ3v) is 3.26. The molecular weight excluding hydrogens is 256 g/mol. The highest BCUT2D eigenvalue weighted by Gasteiger charge is 2.32. The summed E-state index contributed by atoms with van der Waals surface area (Å²) < 4.78 is 0. The van der Waals surface area contributed by atoms with Crippen LogP contribution in [0.3, 0.4) is 0 Å². The molecule has 1 aromatic rings. The van der Waals surface area contributed by atoms with Crippen molar-refractivity contribution in [1.29, 1.82) is 0 Å². The number of anilines is 1. The number of hydrogen-bond donors (Lipinski definition) is 3. The molecule has 0 aliphatic heterocycles. The van der Waals surface area contributed by atoms with Gasteiger partial charge in [-0.05, 0) is 37.5 Å². The first-order valence-corrected chi connectivity index (χ1v) is 6.71. The van der Waals surface area contributed by atoms with Crippen molar-refractivity contribution in [2.75, 3.05) is 11.9 Å². The third-order valence-electron chi connectivity index (χ3n) is 3.26. The Morgan fingerprint density at radius 1 is 1.55 bits per heavy atom. The van der Waals surface area contributed by atoms with Crippen LogP contribution in [0.25, 0.3) is 0 Å². The van der Waals surface area contributed by atoms with Gasteiger partial charge in [0.1, 0.15) is 5.84 Å². The van der Waals surface area contributed by atoms with E-state index in [9.17, 15) is 4.79 Å². The summed E-state index contributed by atoms with van der Waals surface area (Å²) in [6.45, 7) is 2.44. The molecule has 6 nitrogen and oxygen atoms in total. The molecule has 0 spiro atoms. The molecule has 0 atom stereocenters. The molecule has 0 aromatic heterocycles. The standard InChI is InChI=1S/C14H20N4O2/c1-10-3-2-4-11(9-10)16-14(19)18(12-5-6-12)8-7-13(15)17-20/h2-4,9,12,20H,5-8H2,1H3,(H2,15,17)(H,16,19). The molecule has 0 heterocycles. The summed E-state index contributed by atoms with van der Waals surface area (Å²) in [4.78, 5) is 14.0. The summed E-state index contributed by atoms with van der Waals surface area (Å²) in [6, 6.07) is 7.80. The number of carbonyl (C=O) groups is 1. The molecule has 0 unspecified atom stereocenters. The smallest absolute Gasteiger partial charge is 0.322 e. The Morgan fingerprint density at radius 3 is 2.90 bits per heavy atom. The van der Waals surface area contributed by atoms with Gasteiger partial charge < -0.3 is 21.2 Å². The van der Waals surface area contributed by atoms with Gasteiger partial charge in [-0.1, -0.05) is 17.3 Å². The first-order chi connectivity index (χ1) is 9.60. The normalized spacial score (nSPS) is 14.9. The van der Waals surface area contributed by atoms with Gasteiger partial charge in [-0.2, -0.15) is 0 Å². The lowest BCUT2D eigenvalue weighted by Gasteiger charge is -2.22. The molecular formula is C14H20N4O2. The molecule has 4 N–H and O–H groups in total. The van der Waals surface area contributed by atoms with E-state index in [-0.39, 0.29) is 17.9 Å². The summed E-state index contributed by atoms with van der Waals surface area (Å²) in [6.07, 6.45) is 2.39. The molecule has 1 aromatic carbocycles. The van der Waals surface area contributed by atoms with Gasteiger partial charge in [0.05, 0.1) is 0 Å². The van der Waals surface area contributed by atoms with Crippen LogP contribution in [0.15, 0.2) is 29.4 Å². The second kappa shape index (κ2) is 6.27. The van der Waals surface area contributed by atoms with E-state index in [1.54, 1.807) is 4.90 Å². The van der Waals surface area contributed by atoms with Crippen LogP contribution in [0.5, 0.6) is 0 Å². The lowest BCUT2D eigenvalue weighted by molar-refractivity contribution is 0.210. The molecule has 108 valence electrons. The monoisotopic (exact) mass is 276 g/mol. The Hall–Kier alpha value is -2.24. The number of carbonyl (C=O) groups excluding carboxylic acids is 1. The second-order valence-corrected chi connectivity index (χ2v) is 5.07. The van der Waals surface area contributed by atoms with E-state index in [4.69, 9.17) is 10.9 Å². The number of nitrogens with one attached hydrogen (secondary N) is 1. The van der Waals surface area contributed by atoms with Crippen LogP contribution in [0, 0.1) is 6.92 Å². The van der Waals surface area contributed by atoms with Crippen LogP contribution >= 0.6 is 0 Å². The Kier molecular flexibility index (Phi) is 4.45. The number of urea groups is 1. The first kappa shape index (κ1) is 14.2. The maximum Gasteiger partial charge on any atom is 0.322 e. The van der Waals surface area contributed by atoms with Crippen LogP contribution < -0.4 is 11.1 Å². The summed E-state index contributed by atoms with van der Waals surface area (Å²) in [7, 11) is 0. The molecule has 20 heavy (non-hydrogen) atoms. The zero-order valence-electron chi connectivity index (χ0n) is 11.5. The number of amidine groups is 1. The van der Waals surface area contributed by atoms with Crippen LogP contribution in [0.4, 0.5) is 10.5 Å². The number of nitrogens with zero attached hydrogens (tertiary/aromatic N) is 2. The molecule has 2 rings (SSSR count). The van der Waals surface area contributed by atoms with Crippen LogP contribution in [-0.2, 0) is 0 Å². The maximum atomic E-state index is 12.3. The number of oxime groups is 1. The van der Waals surface area contributed by atoms with Crippen LogP contribution in [0.1, 0.15) is 24.8 Å². The van der Waals surface area contributed by atoms with Crippen molar-refractivity contribution in [3.05, 3.63) is 29.8 Å². The fraction of sp³-hybridized carbons (Fsp3) is 0.429. The molecule has 0 radical (unpaired) electrons. The van der Waals surface area contributed by atoms with Gasteiger partial charge in [-0.25, -0.2) is 4.79 Å².